The van der Waals surface area contributed by atoms with E-state index in [0.717, 1.165) is 18.5 Å². The first-order chi connectivity index (χ1) is 13.8. The van der Waals surface area contributed by atoms with E-state index in [2.05, 4.69) is 16.0 Å². The van der Waals surface area contributed by atoms with Crippen molar-refractivity contribution in [2.24, 2.45) is 0 Å². The van der Waals surface area contributed by atoms with Gasteiger partial charge in [-0.15, -0.1) is 0 Å². The second-order valence-corrected chi connectivity index (χ2v) is 7.45. The first-order valence-electron chi connectivity index (χ1n) is 9.83. The minimum absolute atomic E-state index is 0.0318. The SMILES string of the molecule is CCC(CC)O[C@@H]1C=C(C(=O)O)C[C@H](NC(=S)Nc2ccccc2)[C@H]1NC(C)=O. The molecule has 1 aromatic rings. The van der Waals surface area contributed by atoms with Crippen molar-refractivity contribution in [1.82, 2.24) is 10.6 Å². The number of rotatable bonds is 8. The van der Waals surface area contributed by atoms with Crippen LogP contribution in [0.3, 0.4) is 0 Å². The highest BCUT2D eigenvalue weighted by Gasteiger charge is 2.37. The summed E-state index contributed by atoms with van der Waals surface area (Å²) in [5.41, 5.74) is 1.05. The summed E-state index contributed by atoms with van der Waals surface area (Å²) in [5, 5.41) is 19.1. The standard InChI is InChI=1S/C21H29N3O4S/c1-4-16(5-2)28-18-12-14(20(26)27)11-17(19(18)22-13(3)25)24-21(29)23-15-9-7-6-8-10-15/h6-10,12,16-19H,4-5,11H2,1-3H3,(H,22,25)(H,26,27)(H2,23,24,29)/t17-,18+,19+/m0/s1. The molecular weight excluding hydrogens is 390 g/mol. The van der Waals surface area contributed by atoms with Crippen LogP contribution < -0.4 is 16.0 Å². The van der Waals surface area contributed by atoms with Gasteiger partial charge < -0.3 is 25.8 Å². The van der Waals surface area contributed by atoms with E-state index >= 15 is 0 Å². The number of benzene rings is 1. The largest absolute Gasteiger partial charge is 0.478 e. The molecule has 0 bridgehead atoms. The Morgan fingerprint density at radius 2 is 1.86 bits per heavy atom. The summed E-state index contributed by atoms with van der Waals surface area (Å²) in [6, 6.07) is 8.54. The number of hydrogen-bond donors (Lipinski definition) is 4. The highest BCUT2D eigenvalue weighted by atomic mass is 32.1. The fourth-order valence-corrected chi connectivity index (χ4v) is 3.63. The van der Waals surface area contributed by atoms with Crippen LogP contribution in [-0.2, 0) is 14.3 Å². The number of amides is 1. The maximum absolute atomic E-state index is 11.8. The minimum atomic E-state index is -1.00. The number of hydrogen-bond acceptors (Lipinski definition) is 4. The third-order valence-electron chi connectivity index (χ3n) is 4.85. The van der Waals surface area contributed by atoms with Gasteiger partial charge in [-0.25, -0.2) is 4.79 Å². The maximum atomic E-state index is 11.8. The summed E-state index contributed by atoms with van der Waals surface area (Å²) in [6.07, 6.45) is 2.80. The number of thiocarbonyl (C=S) groups is 1. The highest BCUT2D eigenvalue weighted by molar-refractivity contribution is 7.80. The summed E-state index contributed by atoms with van der Waals surface area (Å²) in [5.74, 6) is -1.22. The summed E-state index contributed by atoms with van der Waals surface area (Å²) in [7, 11) is 0. The topological polar surface area (TPSA) is 99.7 Å². The predicted molar refractivity (Wildman–Crippen MR) is 117 cm³/mol. The second kappa shape index (κ2) is 10.9. The molecule has 2 rings (SSSR count). The number of anilines is 1. The Hall–Kier alpha value is -2.45. The lowest BCUT2D eigenvalue weighted by atomic mass is 9.87. The first kappa shape index (κ1) is 22.8. The lowest BCUT2D eigenvalue weighted by molar-refractivity contribution is -0.133. The number of aliphatic carboxylic acids is 1. The van der Waals surface area contributed by atoms with E-state index in [-0.39, 0.29) is 24.0 Å². The van der Waals surface area contributed by atoms with Crippen LogP contribution in [0.1, 0.15) is 40.0 Å². The third kappa shape index (κ3) is 6.83. The molecule has 0 unspecified atom stereocenters. The highest BCUT2D eigenvalue weighted by Crippen LogP contribution is 2.25. The van der Waals surface area contributed by atoms with E-state index in [0.29, 0.717) is 5.11 Å². The Morgan fingerprint density at radius 3 is 2.41 bits per heavy atom. The zero-order chi connectivity index (χ0) is 21.4. The average molecular weight is 420 g/mol. The van der Waals surface area contributed by atoms with Crippen LogP contribution in [0.4, 0.5) is 5.69 Å². The quantitative estimate of drug-likeness (QED) is 0.481. The molecule has 1 aromatic carbocycles. The van der Waals surface area contributed by atoms with Gasteiger partial charge >= 0.3 is 5.97 Å². The summed E-state index contributed by atoms with van der Waals surface area (Å²) < 4.78 is 6.16. The first-order valence-corrected chi connectivity index (χ1v) is 10.2. The van der Waals surface area contributed by atoms with E-state index in [1.54, 1.807) is 6.08 Å². The Morgan fingerprint density at radius 1 is 1.21 bits per heavy atom. The molecule has 0 saturated heterocycles. The molecule has 0 saturated carbocycles. The number of carboxylic acids is 1. The van der Waals surface area contributed by atoms with Crippen molar-refractivity contribution in [2.45, 2.75) is 64.3 Å². The van der Waals surface area contributed by atoms with Crippen molar-refractivity contribution in [3.63, 3.8) is 0 Å². The maximum Gasteiger partial charge on any atom is 0.331 e. The number of ether oxygens (including phenoxy) is 1. The van der Waals surface area contributed by atoms with Gasteiger partial charge in [-0.1, -0.05) is 32.0 Å². The van der Waals surface area contributed by atoms with Crippen LogP contribution in [-0.4, -0.2) is 46.4 Å². The van der Waals surface area contributed by atoms with E-state index < -0.39 is 24.2 Å². The summed E-state index contributed by atoms with van der Waals surface area (Å²) in [4.78, 5) is 23.5. The molecule has 1 amide bonds. The predicted octanol–water partition coefficient (Wildman–Crippen LogP) is 2.83. The molecule has 1 aliphatic rings. The van der Waals surface area contributed by atoms with Crippen molar-refractivity contribution in [1.29, 1.82) is 0 Å². The summed E-state index contributed by atoms with van der Waals surface area (Å²) >= 11 is 5.42. The van der Waals surface area contributed by atoms with E-state index in [1.165, 1.54) is 6.92 Å². The van der Waals surface area contributed by atoms with E-state index in [4.69, 9.17) is 17.0 Å². The third-order valence-corrected chi connectivity index (χ3v) is 5.07. The lowest BCUT2D eigenvalue weighted by Gasteiger charge is -2.38. The van der Waals surface area contributed by atoms with Crippen LogP contribution in [0.2, 0.25) is 0 Å². The smallest absolute Gasteiger partial charge is 0.331 e. The fourth-order valence-electron chi connectivity index (χ4n) is 3.36. The van der Waals surface area contributed by atoms with Gasteiger partial charge in [0.25, 0.3) is 0 Å². The molecule has 8 heteroatoms. The number of para-hydroxylation sites is 1. The van der Waals surface area contributed by atoms with Crippen LogP contribution in [0, 0.1) is 0 Å². The Bertz CT molecular complexity index is 750. The van der Waals surface area contributed by atoms with Gasteiger partial charge in [0, 0.05) is 24.6 Å². The molecule has 4 N–H and O–H groups in total. The molecule has 1 aliphatic carbocycles. The zero-order valence-electron chi connectivity index (χ0n) is 17.0. The van der Waals surface area contributed by atoms with Crippen molar-refractivity contribution in [2.75, 3.05) is 5.32 Å². The van der Waals surface area contributed by atoms with Gasteiger partial charge in [-0.2, -0.15) is 0 Å². The van der Waals surface area contributed by atoms with Gasteiger partial charge in [-0.3, -0.25) is 4.79 Å². The van der Waals surface area contributed by atoms with Crippen molar-refractivity contribution in [3.8, 4) is 0 Å². The Labute approximate surface area is 176 Å². The molecule has 0 heterocycles. The van der Waals surface area contributed by atoms with E-state index in [9.17, 15) is 14.7 Å². The summed E-state index contributed by atoms with van der Waals surface area (Å²) in [6.45, 7) is 5.46. The zero-order valence-corrected chi connectivity index (χ0v) is 17.8. The van der Waals surface area contributed by atoms with Crippen LogP contribution >= 0.6 is 12.2 Å². The monoisotopic (exact) mass is 419 g/mol. The van der Waals surface area contributed by atoms with Crippen LogP contribution in [0.25, 0.3) is 0 Å². The number of carbonyl (C=O) groups excluding carboxylic acids is 1. The fraction of sp³-hybridized carbons (Fsp3) is 0.476. The van der Waals surface area contributed by atoms with Gasteiger partial charge in [0.2, 0.25) is 5.91 Å². The van der Waals surface area contributed by atoms with Gasteiger partial charge in [0.05, 0.1) is 24.3 Å². The number of carboxylic acid groups (broad SMARTS) is 1. The van der Waals surface area contributed by atoms with Crippen molar-refractivity contribution in [3.05, 3.63) is 42.0 Å². The minimum Gasteiger partial charge on any atom is -0.478 e. The molecule has 0 spiro atoms. The van der Waals surface area contributed by atoms with Crippen molar-refractivity contribution >= 4 is 34.9 Å². The molecule has 7 nitrogen and oxygen atoms in total. The van der Waals surface area contributed by atoms with Gasteiger partial charge in [0.1, 0.15) is 0 Å². The van der Waals surface area contributed by atoms with Gasteiger partial charge in [-0.05, 0) is 43.3 Å². The molecule has 29 heavy (non-hydrogen) atoms. The molecular formula is C21H29N3O4S. The van der Waals surface area contributed by atoms with E-state index in [1.807, 2.05) is 44.2 Å². The Kier molecular flexibility index (Phi) is 8.60. The van der Waals surface area contributed by atoms with Crippen molar-refractivity contribution < 1.29 is 19.4 Å². The average Bonchev–Trinajstić information content (AvgIpc) is 2.68. The van der Waals surface area contributed by atoms with Crippen LogP contribution in [0.5, 0.6) is 0 Å². The molecule has 0 aliphatic heterocycles. The normalized spacial score (nSPS) is 21.2. The molecule has 3 atom stereocenters. The molecule has 0 fully saturated rings. The number of carbonyl (C=O) groups is 2. The number of nitrogens with one attached hydrogen (secondary N) is 3. The molecule has 0 radical (unpaired) electrons. The molecule has 158 valence electrons. The second-order valence-electron chi connectivity index (χ2n) is 7.04. The van der Waals surface area contributed by atoms with Crippen LogP contribution in [0.15, 0.2) is 42.0 Å². The van der Waals surface area contributed by atoms with Gasteiger partial charge in [0.15, 0.2) is 5.11 Å². The lowest BCUT2D eigenvalue weighted by Crippen LogP contribution is -2.60. The molecule has 0 aromatic heterocycles. The Balaban J connectivity index is 2.24.